The smallest absolute Gasteiger partial charge is 0.269 e. The van der Waals surface area contributed by atoms with Crippen LogP contribution in [0, 0.1) is 10.1 Å². The standard InChI is InChI=1S/C17H13N5O3S/c1-26-17-19-16-14(20-21-17)12-4-2-3-5-13(12)18-15(25-16)10-6-8-11(9-7-10)22(23)24/h2-9,15,18H,1H3/t15-/m0/s1. The van der Waals surface area contributed by atoms with E-state index in [1.165, 1.54) is 23.9 Å². The summed E-state index contributed by atoms with van der Waals surface area (Å²) in [7, 11) is 0. The number of fused-ring (bicyclic) bond motifs is 3. The van der Waals surface area contributed by atoms with Crippen LogP contribution in [-0.4, -0.2) is 26.4 Å². The lowest BCUT2D eigenvalue weighted by atomic mass is 10.1. The summed E-state index contributed by atoms with van der Waals surface area (Å²) in [6.45, 7) is 0. The highest BCUT2D eigenvalue weighted by molar-refractivity contribution is 7.98. The number of nitro groups is 1. The second kappa shape index (κ2) is 6.60. The van der Waals surface area contributed by atoms with Crippen LogP contribution >= 0.6 is 11.8 Å². The average molecular weight is 367 g/mol. The normalized spacial score (nSPS) is 15.0. The van der Waals surface area contributed by atoms with E-state index in [1.807, 2.05) is 30.5 Å². The highest BCUT2D eigenvalue weighted by atomic mass is 32.2. The van der Waals surface area contributed by atoms with Gasteiger partial charge < -0.3 is 10.1 Å². The minimum atomic E-state index is -0.565. The molecule has 3 aromatic rings. The van der Waals surface area contributed by atoms with Crippen LogP contribution in [0.4, 0.5) is 11.4 Å². The molecule has 1 atom stereocenters. The quantitative estimate of drug-likeness (QED) is 0.425. The molecule has 0 amide bonds. The molecule has 1 N–H and O–H groups in total. The molecular weight excluding hydrogens is 354 g/mol. The number of thioether (sulfide) groups is 1. The van der Waals surface area contributed by atoms with E-state index >= 15 is 0 Å². The van der Waals surface area contributed by atoms with Crippen molar-refractivity contribution in [1.82, 2.24) is 15.2 Å². The Labute approximate surface area is 152 Å². The monoisotopic (exact) mass is 367 g/mol. The second-order valence-electron chi connectivity index (χ2n) is 5.49. The maximum atomic E-state index is 10.9. The van der Waals surface area contributed by atoms with Gasteiger partial charge in [0.2, 0.25) is 11.0 Å². The molecule has 0 fully saturated rings. The van der Waals surface area contributed by atoms with Gasteiger partial charge in [0.05, 0.1) is 4.92 Å². The summed E-state index contributed by atoms with van der Waals surface area (Å²) >= 11 is 1.37. The Morgan fingerprint density at radius 3 is 2.65 bits per heavy atom. The van der Waals surface area contributed by atoms with Crippen LogP contribution in [0.1, 0.15) is 11.8 Å². The highest BCUT2D eigenvalue weighted by Gasteiger charge is 2.26. The Balaban J connectivity index is 1.80. The molecule has 130 valence electrons. The first-order chi connectivity index (χ1) is 12.7. The largest absolute Gasteiger partial charge is 0.448 e. The van der Waals surface area contributed by atoms with Crippen LogP contribution in [-0.2, 0) is 0 Å². The van der Waals surface area contributed by atoms with Crippen LogP contribution < -0.4 is 10.1 Å². The van der Waals surface area contributed by atoms with E-state index in [0.29, 0.717) is 16.7 Å². The lowest BCUT2D eigenvalue weighted by Crippen LogP contribution is -2.17. The summed E-state index contributed by atoms with van der Waals surface area (Å²) in [5.74, 6) is 0.366. The number of anilines is 1. The number of hydrogen-bond acceptors (Lipinski definition) is 8. The molecule has 0 aliphatic carbocycles. The Morgan fingerprint density at radius 1 is 1.15 bits per heavy atom. The summed E-state index contributed by atoms with van der Waals surface area (Å²) < 4.78 is 6.06. The van der Waals surface area contributed by atoms with Crippen molar-refractivity contribution in [3.8, 4) is 17.1 Å². The maximum absolute atomic E-state index is 10.9. The fraction of sp³-hybridized carbons (Fsp3) is 0.118. The van der Waals surface area contributed by atoms with Crippen LogP contribution in [0.15, 0.2) is 53.7 Å². The molecule has 0 radical (unpaired) electrons. The van der Waals surface area contributed by atoms with E-state index in [4.69, 9.17) is 4.74 Å². The van der Waals surface area contributed by atoms with Crippen molar-refractivity contribution in [1.29, 1.82) is 0 Å². The zero-order valence-corrected chi connectivity index (χ0v) is 14.4. The summed E-state index contributed by atoms with van der Waals surface area (Å²) in [5.41, 5.74) is 2.97. The summed E-state index contributed by atoms with van der Waals surface area (Å²) in [6.07, 6.45) is 1.30. The van der Waals surface area contributed by atoms with Gasteiger partial charge in [-0.1, -0.05) is 30.0 Å². The minimum absolute atomic E-state index is 0.0248. The van der Waals surface area contributed by atoms with Crippen LogP contribution in [0.5, 0.6) is 5.88 Å². The first-order valence-electron chi connectivity index (χ1n) is 7.71. The molecule has 1 aliphatic rings. The van der Waals surface area contributed by atoms with Crippen molar-refractivity contribution in [3.63, 3.8) is 0 Å². The lowest BCUT2D eigenvalue weighted by molar-refractivity contribution is -0.384. The highest BCUT2D eigenvalue weighted by Crippen LogP contribution is 2.39. The number of rotatable bonds is 3. The van der Waals surface area contributed by atoms with E-state index in [0.717, 1.165) is 16.8 Å². The van der Waals surface area contributed by atoms with Crippen molar-refractivity contribution in [2.24, 2.45) is 0 Å². The molecule has 0 spiro atoms. The van der Waals surface area contributed by atoms with Gasteiger partial charge in [-0.2, -0.15) is 4.98 Å². The third-order valence-corrected chi connectivity index (χ3v) is 4.46. The molecule has 8 nitrogen and oxygen atoms in total. The van der Waals surface area contributed by atoms with Gasteiger partial charge >= 0.3 is 0 Å². The van der Waals surface area contributed by atoms with E-state index in [1.54, 1.807) is 12.1 Å². The first-order valence-corrected chi connectivity index (χ1v) is 8.94. The summed E-state index contributed by atoms with van der Waals surface area (Å²) in [6, 6.07) is 13.9. The number of benzene rings is 2. The number of para-hydroxylation sites is 1. The summed E-state index contributed by atoms with van der Waals surface area (Å²) in [4.78, 5) is 14.9. The van der Waals surface area contributed by atoms with Gasteiger partial charge in [0.1, 0.15) is 0 Å². The molecule has 2 heterocycles. The molecule has 1 aromatic heterocycles. The molecular formula is C17H13N5O3S. The molecule has 26 heavy (non-hydrogen) atoms. The van der Waals surface area contributed by atoms with E-state index in [2.05, 4.69) is 20.5 Å². The number of nitro benzene ring substituents is 1. The van der Waals surface area contributed by atoms with Crippen molar-refractivity contribution in [2.45, 2.75) is 11.4 Å². The van der Waals surface area contributed by atoms with E-state index < -0.39 is 11.2 Å². The van der Waals surface area contributed by atoms with Gasteiger partial charge in [-0.15, -0.1) is 10.2 Å². The van der Waals surface area contributed by atoms with Gasteiger partial charge in [-0.25, -0.2) is 0 Å². The number of aromatic nitrogens is 3. The third-order valence-electron chi connectivity index (χ3n) is 3.92. The molecule has 2 aromatic carbocycles. The average Bonchev–Trinajstić information content (AvgIpc) is 2.84. The number of ether oxygens (including phenoxy) is 1. The second-order valence-corrected chi connectivity index (χ2v) is 6.26. The van der Waals surface area contributed by atoms with Crippen molar-refractivity contribution >= 4 is 23.1 Å². The Hall–Kier alpha value is -3.20. The summed E-state index contributed by atoms with van der Waals surface area (Å²) in [5, 5.41) is 23.0. The SMILES string of the molecule is CSc1nnc2c(n1)O[C@@H](c1ccc([N+](=O)[O-])cc1)Nc1ccccc1-2. The van der Waals surface area contributed by atoms with Gasteiger partial charge in [0, 0.05) is 28.9 Å². The molecule has 1 aliphatic heterocycles. The zero-order chi connectivity index (χ0) is 18.1. The number of non-ortho nitro benzene ring substituents is 1. The predicted molar refractivity (Wildman–Crippen MR) is 97.1 cm³/mol. The molecule has 0 unspecified atom stereocenters. The zero-order valence-electron chi connectivity index (χ0n) is 13.6. The van der Waals surface area contributed by atoms with Crippen LogP contribution in [0.2, 0.25) is 0 Å². The van der Waals surface area contributed by atoms with Gasteiger partial charge in [-0.05, 0) is 24.5 Å². The lowest BCUT2D eigenvalue weighted by Gasteiger charge is -2.19. The number of nitrogens with one attached hydrogen (secondary N) is 1. The van der Waals surface area contributed by atoms with Crippen LogP contribution in [0.3, 0.4) is 0 Å². The van der Waals surface area contributed by atoms with Crippen LogP contribution in [0.25, 0.3) is 11.3 Å². The van der Waals surface area contributed by atoms with E-state index in [-0.39, 0.29) is 5.69 Å². The third kappa shape index (κ3) is 2.93. The maximum Gasteiger partial charge on any atom is 0.269 e. The number of nitrogens with zero attached hydrogens (tertiary/aromatic N) is 4. The first kappa shape index (κ1) is 16.3. The minimum Gasteiger partial charge on any atom is -0.448 e. The molecule has 0 saturated carbocycles. The predicted octanol–water partition coefficient (Wildman–Crippen LogP) is 3.67. The fourth-order valence-corrected chi connectivity index (χ4v) is 2.95. The van der Waals surface area contributed by atoms with Crippen molar-refractivity contribution < 1.29 is 9.66 Å². The number of hydrogen-bond donors (Lipinski definition) is 1. The molecule has 4 rings (SSSR count). The fourth-order valence-electron chi connectivity index (χ4n) is 2.66. The van der Waals surface area contributed by atoms with E-state index in [9.17, 15) is 10.1 Å². The molecule has 0 bridgehead atoms. The van der Waals surface area contributed by atoms with Gasteiger partial charge in [0.15, 0.2) is 11.9 Å². The van der Waals surface area contributed by atoms with Crippen molar-refractivity contribution in [3.05, 3.63) is 64.2 Å². The topological polar surface area (TPSA) is 103 Å². The van der Waals surface area contributed by atoms with Crippen molar-refractivity contribution in [2.75, 3.05) is 11.6 Å². The Bertz CT molecular complexity index is 980. The Morgan fingerprint density at radius 2 is 1.92 bits per heavy atom. The molecule has 0 saturated heterocycles. The Kier molecular flexibility index (Phi) is 4.13. The van der Waals surface area contributed by atoms with Gasteiger partial charge in [-0.3, -0.25) is 10.1 Å². The molecule has 9 heteroatoms. The van der Waals surface area contributed by atoms with Gasteiger partial charge in [0.25, 0.3) is 5.69 Å².